The highest BCUT2D eigenvalue weighted by Crippen LogP contribution is 2.27. The number of rotatable bonds is 30. The summed E-state index contributed by atoms with van der Waals surface area (Å²) < 4.78 is 0. The summed E-state index contributed by atoms with van der Waals surface area (Å²) in [5.41, 5.74) is 7.79. The van der Waals surface area contributed by atoms with Gasteiger partial charge in [0.15, 0.2) is 0 Å². The van der Waals surface area contributed by atoms with Crippen molar-refractivity contribution in [2.45, 2.75) is 131 Å². The molecular weight excluding hydrogens is 609 g/mol. The third-order valence-corrected chi connectivity index (χ3v) is 10.7. The molecule has 3 rings (SSSR count). The van der Waals surface area contributed by atoms with E-state index in [1.807, 2.05) is 0 Å². The number of nitrogens with one attached hydrogen (secondary N) is 4. The quantitative estimate of drug-likeness (QED) is 0.0529. The van der Waals surface area contributed by atoms with Crippen molar-refractivity contribution in [2.75, 3.05) is 39.3 Å². The molecule has 0 heterocycles. The summed E-state index contributed by atoms with van der Waals surface area (Å²) >= 11 is 0. The lowest BCUT2D eigenvalue weighted by molar-refractivity contribution is 0.427. The molecule has 0 atom stereocenters. The van der Waals surface area contributed by atoms with E-state index in [0.29, 0.717) is 0 Å². The van der Waals surface area contributed by atoms with Crippen LogP contribution in [0.4, 0.5) is 0 Å². The maximum atomic E-state index is 3.65. The minimum absolute atomic E-state index is 0.849. The van der Waals surface area contributed by atoms with Crippen molar-refractivity contribution < 1.29 is 0 Å². The maximum absolute atomic E-state index is 3.65. The molecule has 0 saturated carbocycles. The zero-order valence-corrected chi connectivity index (χ0v) is 32.6. The molecule has 0 aromatic heterocycles. The Morgan fingerprint density at radius 3 is 1.38 bits per heavy atom. The molecule has 3 aromatic carbocycles. The third kappa shape index (κ3) is 17.6. The molecule has 0 aliphatic heterocycles. The first-order chi connectivity index (χ1) is 24.7. The molecule has 3 aromatic rings. The van der Waals surface area contributed by atoms with Crippen LogP contribution in [0.1, 0.15) is 129 Å². The number of benzene rings is 3. The Hall–Kier alpha value is -2.50. The monoisotopic (exact) mass is 683 g/mol. The van der Waals surface area contributed by atoms with Gasteiger partial charge in [-0.25, -0.2) is 0 Å². The van der Waals surface area contributed by atoms with E-state index in [1.54, 1.807) is 0 Å². The number of unbranched alkanes of at least 4 members (excludes halogenated alkanes) is 6. The fourth-order valence-electron chi connectivity index (χ4n) is 6.91. The third-order valence-electron chi connectivity index (χ3n) is 10.7. The minimum atomic E-state index is 0.849. The van der Waals surface area contributed by atoms with Crippen LogP contribution in [0.25, 0.3) is 22.3 Å². The van der Waals surface area contributed by atoms with Gasteiger partial charge in [-0.05, 0) is 116 Å². The van der Waals surface area contributed by atoms with Crippen LogP contribution in [0.3, 0.4) is 0 Å². The summed E-state index contributed by atoms with van der Waals surface area (Å²) in [4.78, 5) is 0. The Bertz CT molecular complexity index is 1120. The molecule has 50 heavy (non-hydrogen) atoms. The van der Waals surface area contributed by atoms with E-state index in [1.165, 1.54) is 136 Å². The first kappa shape index (κ1) is 41.9. The van der Waals surface area contributed by atoms with Crippen molar-refractivity contribution in [2.24, 2.45) is 11.8 Å². The van der Waals surface area contributed by atoms with Gasteiger partial charge in [-0.2, -0.15) is 0 Å². The first-order valence-corrected chi connectivity index (χ1v) is 20.8. The Kier molecular flexibility index (Phi) is 22.8. The van der Waals surface area contributed by atoms with Gasteiger partial charge in [0.1, 0.15) is 0 Å². The summed E-state index contributed by atoms with van der Waals surface area (Å²) in [6.07, 6.45) is 18.5. The van der Waals surface area contributed by atoms with Crippen LogP contribution in [0, 0.1) is 11.8 Å². The van der Waals surface area contributed by atoms with E-state index in [0.717, 1.165) is 51.1 Å². The normalized spacial score (nSPS) is 11.6. The van der Waals surface area contributed by atoms with E-state index < -0.39 is 0 Å². The predicted molar refractivity (Wildman–Crippen MR) is 221 cm³/mol. The van der Waals surface area contributed by atoms with Crippen LogP contribution in [0.5, 0.6) is 0 Å². The molecule has 0 spiro atoms. The van der Waals surface area contributed by atoms with Crippen molar-refractivity contribution in [1.82, 2.24) is 21.3 Å². The van der Waals surface area contributed by atoms with Gasteiger partial charge < -0.3 is 21.3 Å². The van der Waals surface area contributed by atoms with E-state index in [4.69, 9.17) is 0 Å². The summed E-state index contributed by atoms with van der Waals surface area (Å²) in [5, 5.41) is 14.5. The van der Waals surface area contributed by atoms with Crippen molar-refractivity contribution in [1.29, 1.82) is 0 Å². The Morgan fingerprint density at radius 1 is 0.400 bits per heavy atom. The molecule has 0 fully saturated rings. The lowest BCUT2D eigenvalue weighted by Crippen LogP contribution is -2.23. The van der Waals surface area contributed by atoms with Gasteiger partial charge in [0.05, 0.1) is 0 Å². The zero-order chi connectivity index (χ0) is 35.5. The largest absolute Gasteiger partial charge is 0.317 e. The summed E-state index contributed by atoms with van der Waals surface area (Å²) in [7, 11) is 0. The number of hydrogen-bond acceptors (Lipinski definition) is 4. The maximum Gasteiger partial charge on any atom is 0.0205 e. The van der Waals surface area contributed by atoms with Gasteiger partial charge in [-0.1, -0.05) is 159 Å². The molecule has 0 aliphatic carbocycles. The molecule has 0 saturated heterocycles. The van der Waals surface area contributed by atoms with Crippen LogP contribution in [0.15, 0.2) is 72.8 Å². The summed E-state index contributed by atoms with van der Waals surface area (Å²) in [6, 6.07) is 27.1. The summed E-state index contributed by atoms with van der Waals surface area (Å²) in [5.74, 6) is 1.79. The molecule has 0 unspecified atom stereocenters. The fourth-order valence-corrected chi connectivity index (χ4v) is 6.91. The fraction of sp³-hybridized carbons (Fsp3) is 0.609. The van der Waals surface area contributed by atoms with Gasteiger partial charge in [0.2, 0.25) is 0 Å². The number of hydrogen-bond donors (Lipinski definition) is 4. The van der Waals surface area contributed by atoms with E-state index in [2.05, 4.69) is 122 Å². The molecule has 4 heteroatoms. The first-order valence-electron chi connectivity index (χ1n) is 20.8. The molecule has 0 radical (unpaired) electrons. The molecule has 0 aliphatic rings. The molecule has 4 N–H and O–H groups in total. The lowest BCUT2D eigenvalue weighted by atomic mass is 9.96. The van der Waals surface area contributed by atoms with Crippen LogP contribution < -0.4 is 21.3 Å². The standard InChI is InChI=1S/C46H74N4/c1-5-39(6-2)19-13-12-16-30-47-33-18-34-50-38-42-24-28-44(29-25-42)46-21-17-20-45(35-46)43-26-22-41(23-27-43)37-49-32-15-11-9-10-14-31-48-36-40(7-3)8-4/h17,20-29,35,39-40,47-50H,5-16,18-19,30-34,36-38H2,1-4H3. The van der Waals surface area contributed by atoms with Gasteiger partial charge >= 0.3 is 0 Å². The van der Waals surface area contributed by atoms with Crippen LogP contribution in [-0.2, 0) is 13.1 Å². The summed E-state index contributed by atoms with van der Waals surface area (Å²) in [6.45, 7) is 17.9. The Labute approximate surface area is 308 Å². The van der Waals surface area contributed by atoms with Crippen molar-refractivity contribution in [3.63, 3.8) is 0 Å². The molecular formula is C46H74N4. The highest BCUT2D eigenvalue weighted by Gasteiger charge is 2.05. The topological polar surface area (TPSA) is 48.1 Å². The molecule has 0 bridgehead atoms. The zero-order valence-electron chi connectivity index (χ0n) is 32.6. The van der Waals surface area contributed by atoms with Gasteiger partial charge in [0.25, 0.3) is 0 Å². The second-order valence-electron chi connectivity index (χ2n) is 14.6. The van der Waals surface area contributed by atoms with E-state index in [-0.39, 0.29) is 0 Å². The second-order valence-corrected chi connectivity index (χ2v) is 14.6. The predicted octanol–water partition coefficient (Wildman–Crippen LogP) is 11.2. The minimum Gasteiger partial charge on any atom is -0.317 e. The second kappa shape index (κ2) is 27.2. The van der Waals surface area contributed by atoms with Crippen molar-refractivity contribution in [3.05, 3.63) is 83.9 Å². The lowest BCUT2D eigenvalue weighted by Gasteiger charge is -2.13. The van der Waals surface area contributed by atoms with E-state index in [9.17, 15) is 0 Å². The van der Waals surface area contributed by atoms with E-state index >= 15 is 0 Å². The average Bonchev–Trinajstić information content (AvgIpc) is 3.16. The van der Waals surface area contributed by atoms with Crippen molar-refractivity contribution >= 4 is 0 Å². The average molecular weight is 683 g/mol. The SMILES string of the molecule is CCC(CC)CCCCCNCCCNCc1ccc(-c2cccc(-c3ccc(CNCCCCCCCNCC(CC)CC)cc3)c2)cc1. The molecule has 278 valence electrons. The Morgan fingerprint density at radius 2 is 0.840 bits per heavy atom. The van der Waals surface area contributed by atoms with Gasteiger partial charge in [-0.15, -0.1) is 0 Å². The van der Waals surface area contributed by atoms with Crippen LogP contribution in [-0.4, -0.2) is 39.3 Å². The van der Waals surface area contributed by atoms with Gasteiger partial charge in [-0.3, -0.25) is 0 Å². The van der Waals surface area contributed by atoms with Crippen molar-refractivity contribution in [3.8, 4) is 22.3 Å². The highest BCUT2D eigenvalue weighted by molar-refractivity contribution is 5.73. The van der Waals surface area contributed by atoms with Crippen LogP contribution in [0.2, 0.25) is 0 Å². The molecule has 4 nitrogen and oxygen atoms in total. The Balaban J connectivity index is 1.26. The van der Waals surface area contributed by atoms with Crippen LogP contribution >= 0.6 is 0 Å². The molecule has 0 amide bonds. The highest BCUT2D eigenvalue weighted by atomic mass is 14.9. The van der Waals surface area contributed by atoms with Gasteiger partial charge in [0, 0.05) is 13.1 Å². The smallest absolute Gasteiger partial charge is 0.0205 e.